The number of carbonyl (C=O) groups is 3. The van der Waals surface area contributed by atoms with Crippen molar-refractivity contribution in [2.75, 3.05) is 11.4 Å². The van der Waals surface area contributed by atoms with Gasteiger partial charge in [-0.1, -0.05) is 44.2 Å². The van der Waals surface area contributed by atoms with E-state index in [2.05, 4.69) is 10.3 Å². The average molecular weight is 470 g/mol. The molecule has 0 fully saturated rings. The zero-order chi connectivity index (χ0) is 25.2. The number of fused-ring (bicyclic) bond motifs is 1. The summed E-state index contributed by atoms with van der Waals surface area (Å²) in [6, 6.07) is 11.1. The van der Waals surface area contributed by atoms with E-state index in [-0.39, 0.29) is 17.2 Å². The van der Waals surface area contributed by atoms with E-state index in [9.17, 15) is 23.9 Å². The number of amides is 2. The van der Waals surface area contributed by atoms with Crippen molar-refractivity contribution in [3.63, 3.8) is 0 Å². The van der Waals surface area contributed by atoms with Gasteiger partial charge in [-0.3, -0.25) is 19.8 Å². The van der Waals surface area contributed by atoms with Crippen molar-refractivity contribution < 1.29 is 28.6 Å². The summed E-state index contributed by atoms with van der Waals surface area (Å²) in [6.07, 6.45) is -2.44. The number of ether oxygens (including phenoxy) is 1. The van der Waals surface area contributed by atoms with E-state index < -0.39 is 42.1 Å². The predicted molar refractivity (Wildman–Crippen MR) is 126 cm³/mol. The van der Waals surface area contributed by atoms with Gasteiger partial charge >= 0.3 is 12.1 Å². The molecule has 0 saturated heterocycles. The summed E-state index contributed by atoms with van der Waals surface area (Å²) in [5.41, 5.74) is 0.794. The molecule has 0 bridgehead atoms. The Morgan fingerprint density at radius 2 is 1.79 bits per heavy atom. The van der Waals surface area contributed by atoms with E-state index >= 15 is 0 Å². The second kappa shape index (κ2) is 9.62. The van der Waals surface area contributed by atoms with E-state index in [1.807, 2.05) is 13.8 Å². The molecule has 3 rings (SSSR count). The molecule has 9 heteroatoms. The van der Waals surface area contributed by atoms with Crippen LogP contribution in [0, 0.1) is 5.82 Å². The maximum Gasteiger partial charge on any atom is 0.409 e. The maximum atomic E-state index is 14.9. The SMILES string of the molecule is CC(C)c1cccc2c1N(CC(=O)O)C(=O)C(NC(=O)OC(C)(C)C)N=C2c1ccccc1F. The van der Waals surface area contributed by atoms with Crippen molar-refractivity contribution in [1.82, 2.24) is 5.32 Å². The average Bonchev–Trinajstić information content (AvgIpc) is 2.83. The van der Waals surface area contributed by atoms with Gasteiger partial charge in [-0.05, 0) is 44.4 Å². The summed E-state index contributed by atoms with van der Waals surface area (Å²) in [5, 5.41) is 12.0. The minimum atomic E-state index is -1.53. The number of anilines is 1. The third kappa shape index (κ3) is 5.41. The summed E-state index contributed by atoms with van der Waals surface area (Å²) in [5.74, 6) is -2.68. The van der Waals surface area contributed by atoms with E-state index in [1.165, 1.54) is 18.2 Å². The van der Waals surface area contributed by atoms with Crippen LogP contribution in [0.4, 0.5) is 14.9 Å². The van der Waals surface area contributed by atoms with E-state index in [4.69, 9.17) is 4.74 Å². The molecule has 0 saturated carbocycles. The van der Waals surface area contributed by atoms with Gasteiger partial charge in [0.2, 0.25) is 6.17 Å². The van der Waals surface area contributed by atoms with Crippen molar-refractivity contribution in [2.45, 2.75) is 52.3 Å². The molecule has 2 N–H and O–H groups in total. The number of hydrogen-bond acceptors (Lipinski definition) is 5. The highest BCUT2D eigenvalue weighted by Crippen LogP contribution is 2.36. The molecule has 2 aromatic carbocycles. The van der Waals surface area contributed by atoms with Gasteiger partial charge in [0.15, 0.2) is 0 Å². The first kappa shape index (κ1) is 24.9. The van der Waals surface area contributed by atoms with E-state index in [0.717, 1.165) is 4.90 Å². The molecule has 1 heterocycles. The lowest BCUT2D eigenvalue weighted by atomic mass is 9.92. The molecular formula is C25H28FN3O5. The molecule has 1 aliphatic rings. The van der Waals surface area contributed by atoms with Crippen LogP contribution in [0.2, 0.25) is 0 Å². The lowest BCUT2D eigenvalue weighted by molar-refractivity contribution is -0.136. The number of benzodiazepines with no additional fused rings is 1. The minimum Gasteiger partial charge on any atom is -0.480 e. The number of aliphatic imine (C=N–C) groups is 1. The Morgan fingerprint density at radius 1 is 1.15 bits per heavy atom. The zero-order valence-electron chi connectivity index (χ0n) is 19.8. The fourth-order valence-electron chi connectivity index (χ4n) is 3.70. The molecule has 0 aromatic heterocycles. The van der Waals surface area contributed by atoms with Crippen molar-refractivity contribution >= 4 is 29.4 Å². The third-order valence-electron chi connectivity index (χ3n) is 5.05. The highest BCUT2D eigenvalue weighted by molar-refractivity contribution is 6.21. The largest absolute Gasteiger partial charge is 0.480 e. The van der Waals surface area contributed by atoms with Crippen LogP contribution in [-0.4, -0.2) is 47.1 Å². The number of nitrogens with zero attached hydrogens (tertiary/aromatic N) is 2. The second-order valence-corrected chi connectivity index (χ2v) is 9.22. The normalized spacial score (nSPS) is 16.0. The second-order valence-electron chi connectivity index (χ2n) is 9.22. The minimum absolute atomic E-state index is 0.0868. The summed E-state index contributed by atoms with van der Waals surface area (Å²) in [7, 11) is 0. The molecule has 1 atom stereocenters. The van der Waals surface area contributed by atoms with Gasteiger partial charge in [-0.15, -0.1) is 0 Å². The van der Waals surface area contributed by atoms with Crippen molar-refractivity contribution in [3.8, 4) is 0 Å². The molecule has 0 radical (unpaired) electrons. The van der Waals surface area contributed by atoms with Gasteiger partial charge in [-0.2, -0.15) is 0 Å². The van der Waals surface area contributed by atoms with Crippen LogP contribution in [0.5, 0.6) is 0 Å². The first-order valence-corrected chi connectivity index (χ1v) is 10.9. The Bertz CT molecular complexity index is 1150. The number of nitrogens with one attached hydrogen (secondary N) is 1. The van der Waals surface area contributed by atoms with E-state index in [1.54, 1.807) is 45.0 Å². The monoisotopic (exact) mass is 469 g/mol. The maximum absolute atomic E-state index is 14.9. The molecule has 1 aliphatic heterocycles. The lowest BCUT2D eigenvalue weighted by Gasteiger charge is -2.27. The number of hydrogen-bond donors (Lipinski definition) is 2. The molecule has 2 aromatic rings. The number of benzene rings is 2. The molecule has 8 nitrogen and oxygen atoms in total. The quantitative estimate of drug-likeness (QED) is 0.686. The van der Waals surface area contributed by atoms with Crippen LogP contribution in [0.15, 0.2) is 47.5 Å². The first-order valence-electron chi connectivity index (χ1n) is 10.9. The van der Waals surface area contributed by atoms with Crippen LogP contribution in [0.3, 0.4) is 0 Å². The Balaban J connectivity index is 2.27. The van der Waals surface area contributed by atoms with Crippen molar-refractivity contribution in [3.05, 3.63) is 65.0 Å². The molecule has 180 valence electrons. The number of carbonyl (C=O) groups excluding carboxylic acids is 2. The van der Waals surface area contributed by atoms with E-state index in [0.29, 0.717) is 16.8 Å². The summed E-state index contributed by atoms with van der Waals surface area (Å²) < 4.78 is 20.2. The highest BCUT2D eigenvalue weighted by Gasteiger charge is 2.37. The number of aliphatic carboxylic acids is 1. The molecule has 2 amide bonds. The zero-order valence-corrected chi connectivity index (χ0v) is 19.8. The molecule has 0 aliphatic carbocycles. The number of carboxylic acids is 1. The lowest BCUT2D eigenvalue weighted by Crippen LogP contribution is -2.50. The fourth-order valence-corrected chi connectivity index (χ4v) is 3.70. The summed E-state index contributed by atoms with van der Waals surface area (Å²) in [4.78, 5) is 43.3. The van der Waals surface area contributed by atoms with Crippen LogP contribution >= 0.6 is 0 Å². The Labute approximate surface area is 197 Å². The van der Waals surface area contributed by atoms with Crippen LogP contribution in [-0.2, 0) is 14.3 Å². The highest BCUT2D eigenvalue weighted by atomic mass is 19.1. The third-order valence-corrected chi connectivity index (χ3v) is 5.05. The molecule has 0 spiro atoms. The Kier molecular flexibility index (Phi) is 7.04. The van der Waals surface area contributed by atoms with Gasteiger partial charge in [0, 0.05) is 11.1 Å². The number of rotatable bonds is 5. The first-order chi connectivity index (χ1) is 15.9. The van der Waals surface area contributed by atoms with Gasteiger partial charge in [0.05, 0.1) is 11.4 Å². The topological polar surface area (TPSA) is 108 Å². The van der Waals surface area contributed by atoms with Crippen LogP contribution in [0.1, 0.15) is 57.2 Å². The number of alkyl carbamates (subject to hydrolysis) is 1. The number of halogens is 1. The Hall–Kier alpha value is -3.75. The molecular weight excluding hydrogens is 441 g/mol. The Morgan fingerprint density at radius 3 is 2.38 bits per heavy atom. The fraction of sp³-hybridized carbons (Fsp3) is 0.360. The molecule has 1 unspecified atom stereocenters. The number of para-hydroxylation sites is 1. The predicted octanol–water partition coefficient (Wildman–Crippen LogP) is 4.07. The van der Waals surface area contributed by atoms with Gasteiger partial charge in [-0.25, -0.2) is 14.2 Å². The van der Waals surface area contributed by atoms with Crippen molar-refractivity contribution in [1.29, 1.82) is 0 Å². The van der Waals surface area contributed by atoms with Crippen LogP contribution in [0.25, 0.3) is 0 Å². The number of carboxylic acid groups (broad SMARTS) is 1. The van der Waals surface area contributed by atoms with Gasteiger partial charge in [0.1, 0.15) is 18.0 Å². The standard InChI is InChI=1S/C25H28FN3O5/c1-14(2)15-10-8-11-17-20(16-9-6-7-12-18(16)26)27-22(28-24(33)34-25(3,4)5)23(32)29(21(15)17)13-19(30)31/h6-12,14,22H,13H2,1-5H3,(H,28,33)(H,30,31). The smallest absolute Gasteiger partial charge is 0.409 e. The van der Waals surface area contributed by atoms with Gasteiger partial charge in [0.25, 0.3) is 5.91 Å². The van der Waals surface area contributed by atoms with Crippen LogP contribution < -0.4 is 10.2 Å². The molecule has 34 heavy (non-hydrogen) atoms. The van der Waals surface area contributed by atoms with Gasteiger partial charge < -0.3 is 9.84 Å². The summed E-state index contributed by atoms with van der Waals surface area (Å²) in [6.45, 7) is 8.13. The van der Waals surface area contributed by atoms with Crippen molar-refractivity contribution in [2.24, 2.45) is 4.99 Å². The summed E-state index contributed by atoms with van der Waals surface area (Å²) >= 11 is 0.